The SMILES string of the molecule is CS.NC(=O)CNC(=O)c1ccc(-c2ccccc2)cc1. The van der Waals surface area contributed by atoms with Crippen molar-refractivity contribution >= 4 is 24.4 Å². The van der Waals surface area contributed by atoms with E-state index in [1.807, 2.05) is 42.5 Å². The Balaban J connectivity index is 0.00000106. The van der Waals surface area contributed by atoms with Crippen molar-refractivity contribution in [3.8, 4) is 11.1 Å². The summed E-state index contributed by atoms with van der Waals surface area (Å²) in [6, 6.07) is 17.1. The van der Waals surface area contributed by atoms with Crippen molar-refractivity contribution in [1.82, 2.24) is 5.32 Å². The van der Waals surface area contributed by atoms with Crippen molar-refractivity contribution in [2.24, 2.45) is 5.73 Å². The third kappa shape index (κ3) is 5.31. The molecule has 0 spiro atoms. The van der Waals surface area contributed by atoms with Gasteiger partial charge in [0.2, 0.25) is 5.91 Å². The highest BCUT2D eigenvalue weighted by molar-refractivity contribution is 7.79. The average molecular weight is 302 g/mol. The normalized spacial score (nSPS) is 9.24. The summed E-state index contributed by atoms with van der Waals surface area (Å²) < 4.78 is 0. The zero-order valence-electron chi connectivity index (χ0n) is 11.7. The van der Waals surface area contributed by atoms with Crippen LogP contribution in [0.4, 0.5) is 0 Å². The van der Waals surface area contributed by atoms with E-state index in [4.69, 9.17) is 5.73 Å². The highest BCUT2D eigenvalue weighted by Gasteiger charge is 2.06. The maximum Gasteiger partial charge on any atom is 0.251 e. The van der Waals surface area contributed by atoms with Crippen LogP contribution in [0.1, 0.15) is 10.4 Å². The van der Waals surface area contributed by atoms with Crippen molar-refractivity contribution in [3.05, 3.63) is 60.2 Å². The van der Waals surface area contributed by atoms with Gasteiger partial charge >= 0.3 is 0 Å². The fourth-order valence-corrected chi connectivity index (χ4v) is 1.71. The molecule has 21 heavy (non-hydrogen) atoms. The number of nitrogens with one attached hydrogen (secondary N) is 1. The molecule has 0 fully saturated rings. The monoisotopic (exact) mass is 302 g/mol. The van der Waals surface area contributed by atoms with Crippen LogP contribution in [0.5, 0.6) is 0 Å². The average Bonchev–Trinajstić information content (AvgIpc) is 2.55. The molecule has 0 atom stereocenters. The summed E-state index contributed by atoms with van der Waals surface area (Å²) in [5.41, 5.74) is 7.59. The highest BCUT2D eigenvalue weighted by atomic mass is 32.1. The quantitative estimate of drug-likeness (QED) is 0.757. The third-order valence-corrected chi connectivity index (χ3v) is 2.68. The van der Waals surface area contributed by atoms with Gasteiger partial charge in [-0.25, -0.2) is 0 Å². The number of benzene rings is 2. The van der Waals surface area contributed by atoms with Crippen molar-refractivity contribution in [2.45, 2.75) is 0 Å². The van der Waals surface area contributed by atoms with Gasteiger partial charge < -0.3 is 11.1 Å². The van der Waals surface area contributed by atoms with Gasteiger partial charge in [0.25, 0.3) is 5.91 Å². The van der Waals surface area contributed by atoms with Crippen LogP contribution in [0.25, 0.3) is 11.1 Å². The van der Waals surface area contributed by atoms with Gasteiger partial charge in [-0.1, -0.05) is 42.5 Å². The molecule has 2 amide bonds. The van der Waals surface area contributed by atoms with E-state index in [2.05, 4.69) is 17.9 Å². The number of thiol groups is 1. The fraction of sp³-hybridized carbons (Fsp3) is 0.125. The number of rotatable bonds is 4. The number of nitrogens with two attached hydrogens (primary N) is 1. The Hall–Kier alpha value is -2.27. The molecule has 110 valence electrons. The summed E-state index contributed by atoms with van der Waals surface area (Å²) in [7, 11) is 0. The third-order valence-electron chi connectivity index (χ3n) is 2.68. The summed E-state index contributed by atoms with van der Waals surface area (Å²) in [5.74, 6) is -0.868. The first-order valence-electron chi connectivity index (χ1n) is 6.33. The Morgan fingerprint density at radius 3 is 2.00 bits per heavy atom. The minimum absolute atomic E-state index is 0.154. The predicted octanol–water partition coefficient (Wildman–Crippen LogP) is 2.11. The summed E-state index contributed by atoms with van der Waals surface area (Å²) >= 11 is 3.53. The Kier molecular flexibility index (Phi) is 7.04. The van der Waals surface area contributed by atoms with Crippen molar-refractivity contribution in [3.63, 3.8) is 0 Å². The standard InChI is InChI=1S/C15H14N2O2.CH4S/c16-14(18)10-17-15(19)13-8-6-12(7-9-13)11-4-2-1-3-5-11;1-2/h1-9H,10H2,(H2,16,18)(H,17,19);2H,1H3. The molecule has 0 aliphatic rings. The molecule has 0 aromatic heterocycles. The van der Waals surface area contributed by atoms with E-state index < -0.39 is 5.91 Å². The van der Waals surface area contributed by atoms with Crippen LogP contribution in [-0.2, 0) is 4.79 Å². The Morgan fingerprint density at radius 2 is 1.48 bits per heavy atom. The number of hydrogen-bond acceptors (Lipinski definition) is 3. The molecule has 0 aliphatic carbocycles. The molecular formula is C16H18N2O2S. The lowest BCUT2D eigenvalue weighted by Gasteiger charge is -2.05. The van der Waals surface area contributed by atoms with E-state index in [1.54, 1.807) is 18.4 Å². The zero-order valence-corrected chi connectivity index (χ0v) is 12.6. The van der Waals surface area contributed by atoms with Gasteiger partial charge in [0.15, 0.2) is 0 Å². The maximum absolute atomic E-state index is 11.7. The second kappa shape index (κ2) is 8.81. The number of carbonyl (C=O) groups excluding carboxylic acids is 2. The van der Waals surface area contributed by atoms with E-state index in [-0.39, 0.29) is 12.5 Å². The van der Waals surface area contributed by atoms with Gasteiger partial charge in [0.1, 0.15) is 0 Å². The van der Waals surface area contributed by atoms with Crippen molar-refractivity contribution < 1.29 is 9.59 Å². The second-order valence-corrected chi connectivity index (χ2v) is 4.09. The maximum atomic E-state index is 11.7. The largest absolute Gasteiger partial charge is 0.368 e. The minimum atomic E-state index is -0.561. The first kappa shape index (κ1) is 16.8. The molecule has 0 aliphatic heterocycles. The molecular weight excluding hydrogens is 284 g/mol. The van der Waals surface area contributed by atoms with Gasteiger partial charge in [-0.15, -0.1) is 0 Å². The lowest BCUT2D eigenvalue weighted by molar-refractivity contribution is -0.117. The van der Waals surface area contributed by atoms with Crippen LogP contribution in [0, 0.1) is 0 Å². The molecule has 5 heteroatoms. The second-order valence-electron chi connectivity index (χ2n) is 4.09. The topological polar surface area (TPSA) is 72.2 Å². The molecule has 2 aromatic carbocycles. The molecule has 0 saturated carbocycles. The fourth-order valence-electron chi connectivity index (χ4n) is 1.71. The Morgan fingerprint density at radius 1 is 0.952 bits per heavy atom. The molecule has 0 unspecified atom stereocenters. The molecule has 2 aromatic rings. The van der Waals surface area contributed by atoms with Gasteiger partial charge in [-0.05, 0) is 29.5 Å². The lowest BCUT2D eigenvalue weighted by atomic mass is 10.0. The summed E-state index contributed by atoms with van der Waals surface area (Å²) in [6.07, 6.45) is 1.69. The van der Waals surface area contributed by atoms with Crippen LogP contribution in [0.15, 0.2) is 54.6 Å². The van der Waals surface area contributed by atoms with E-state index in [1.165, 1.54) is 0 Å². The van der Waals surface area contributed by atoms with Crippen molar-refractivity contribution in [2.75, 3.05) is 12.8 Å². The van der Waals surface area contributed by atoms with Crippen LogP contribution < -0.4 is 11.1 Å². The number of carbonyl (C=O) groups is 2. The Bertz CT molecular complexity index is 583. The molecule has 4 nitrogen and oxygen atoms in total. The molecule has 0 saturated heterocycles. The van der Waals surface area contributed by atoms with Gasteiger partial charge in [0, 0.05) is 5.56 Å². The van der Waals surface area contributed by atoms with Crippen LogP contribution in [0.3, 0.4) is 0 Å². The Labute approximate surface area is 129 Å². The predicted molar refractivity (Wildman–Crippen MR) is 88.3 cm³/mol. The summed E-state index contributed by atoms with van der Waals surface area (Å²) in [6.45, 7) is -0.154. The highest BCUT2D eigenvalue weighted by Crippen LogP contribution is 2.19. The summed E-state index contributed by atoms with van der Waals surface area (Å²) in [4.78, 5) is 22.3. The molecule has 0 radical (unpaired) electrons. The first-order chi connectivity index (χ1) is 10.2. The van der Waals surface area contributed by atoms with Crippen LogP contribution in [0.2, 0.25) is 0 Å². The smallest absolute Gasteiger partial charge is 0.251 e. The van der Waals surface area contributed by atoms with Gasteiger partial charge in [-0.3, -0.25) is 9.59 Å². The minimum Gasteiger partial charge on any atom is -0.368 e. The van der Waals surface area contributed by atoms with E-state index in [9.17, 15) is 9.59 Å². The molecule has 3 N–H and O–H groups in total. The van der Waals surface area contributed by atoms with Crippen molar-refractivity contribution in [1.29, 1.82) is 0 Å². The molecule has 2 rings (SSSR count). The first-order valence-corrected chi connectivity index (χ1v) is 7.23. The van der Waals surface area contributed by atoms with Gasteiger partial charge in [-0.2, -0.15) is 12.6 Å². The summed E-state index contributed by atoms with van der Waals surface area (Å²) in [5, 5.41) is 2.44. The van der Waals surface area contributed by atoms with Crippen LogP contribution in [-0.4, -0.2) is 24.6 Å². The van der Waals surface area contributed by atoms with E-state index >= 15 is 0 Å². The van der Waals surface area contributed by atoms with E-state index in [0.29, 0.717) is 5.56 Å². The number of primary amides is 1. The number of amides is 2. The molecule has 0 heterocycles. The van der Waals surface area contributed by atoms with E-state index in [0.717, 1.165) is 11.1 Å². The zero-order chi connectivity index (χ0) is 15.7. The lowest BCUT2D eigenvalue weighted by Crippen LogP contribution is -2.33. The molecule has 0 bridgehead atoms. The number of hydrogen-bond donors (Lipinski definition) is 3. The van der Waals surface area contributed by atoms with Crippen LogP contribution >= 0.6 is 12.6 Å². The van der Waals surface area contributed by atoms with Gasteiger partial charge in [0.05, 0.1) is 6.54 Å².